The fraction of sp³-hybridized carbons (Fsp3) is 0.667. The molecule has 0 aliphatic carbocycles. The van der Waals surface area contributed by atoms with Crippen LogP contribution < -0.4 is 10.6 Å². The van der Waals surface area contributed by atoms with Crippen LogP contribution in [-0.2, 0) is 9.47 Å². The van der Waals surface area contributed by atoms with Crippen LogP contribution in [0.25, 0.3) is 0 Å². The molecule has 2 atom stereocenters. The van der Waals surface area contributed by atoms with Crippen molar-refractivity contribution >= 4 is 11.9 Å². The molecule has 3 heterocycles. The summed E-state index contributed by atoms with van der Waals surface area (Å²) in [6, 6.07) is 0. The summed E-state index contributed by atoms with van der Waals surface area (Å²) < 4.78 is 11.0. The van der Waals surface area contributed by atoms with E-state index in [0.717, 1.165) is 38.9 Å². The predicted molar refractivity (Wildman–Crippen MR) is 80.8 cm³/mol. The number of amides is 1. The molecule has 0 spiro atoms. The first kappa shape index (κ1) is 15.2. The maximum atomic E-state index is 12.0. The SMILES string of the molecule is O=C(NCC1CCCO1)c1cnc(NCC2CCCO2)nc1. The summed E-state index contributed by atoms with van der Waals surface area (Å²) in [5.41, 5.74) is 0.459. The number of aromatic nitrogens is 2. The average Bonchev–Trinajstić information content (AvgIpc) is 3.24. The Morgan fingerprint density at radius 1 is 1.09 bits per heavy atom. The van der Waals surface area contributed by atoms with Crippen molar-refractivity contribution in [1.29, 1.82) is 0 Å². The van der Waals surface area contributed by atoms with Crippen LogP contribution in [0.3, 0.4) is 0 Å². The summed E-state index contributed by atoms with van der Waals surface area (Å²) in [5.74, 6) is 0.354. The fourth-order valence-electron chi connectivity index (χ4n) is 2.66. The van der Waals surface area contributed by atoms with Crippen LogP contribution in [0.1, 0.15) is 36.0 Å². The lowest BCUT2D eigenvalue weighted by Crippen LogP contribution is -2.32. The molecular formula is C15H22N4O3. The van der Waals surface area contributed by atoms with Crippen LogP contribution >= 0.6 is 0 Å². The number of carbonyl (C=O) groups is 1. The van der Waals surface area contributed by atoms with Crippen molar-refractivity contribution < 1.29 is 14.3 Å². The molecule has 0 aromatic carbocycles. The summed E-state index contributed by atoms with van der Waals surface area (Å²) in [6.45, 7) is 2.86. The van der Waals surface area contributed by atoms with E-state index < -0.39 is 0 Å². The van der Waals surface area contributed by atoms with Gasteiger partial charge in [0.05, 0.1) is 17.8 Å². The van der Waals surface area contributed by atoms with Crippen molar-refractivity contribution in [3.05, 3.63) is 18.0 Å². The Labute approximate surface area is 129 Å². The van der Waals surface area contributed by atoms with Gasteiger partial charge in [0.1, 0.15) is 0 Å². The first-order valence-corrected chi connectivity index (χ1v) is 7.88. The number of ether oxygens (including phenoxy) is 2. The van der Waals surface area contributed by atoms with Gasteiger partial charge in [0, 0.05) is 38.7 Å². The second-order valence-electron chi connectivity index (χ2n) is 5.66. The van der Waals surface area contributed by atoms with Gasteiger partial charge in [-0.25, -0.2) is 9.97 Å². The molecule has 2 aliphatic heterocycles. The summed E-state index contributed by atoms with van der Waals surface area (Å²) in [6.07, 6.45) is 7.69. The highest BCUT2D eigenvalue weighted by atomic mass is 16.5. The number of anilines is 1. The Hall–Kier alpha value is -1.73. The molecule has 0 bridgehead atoms. The van der Waals surface area contributed by atoms with E-state index in [1.54, 1.807) is 0 Å². The monoisotopic (exact) mass is 306 g/mol. The Morgan fingerprint density at radius 3 is 2.32 bits per heavy atom. The van der Waals surface area contributed by atoms with Crippen LogP contribution in [0.15, 0.2) is 12.4 Å². The smallest absolute Gasteiger partial charge is 0.254 e. The molecule has 2 unspecified atom stereocenters. The van der Waals surface area contributed by atoms with Crippen molar-refractivity contribution in [1.82, 2.24) is 15.3 Å². The van der Waals surface area contributed by atoms with Gasteiger partial charge in [-0.2, -0.15) is 0 Å². The normalized spacial score (nSPS) is 24.4. The van der Waals surface area contributed by atoms with E-state index in [1.807, 2.05) is 0 Å². The van der Waals surface area contributed by atoms with Crippen molar-refractivity contribution in [2.75, 3.05) is 31.6 Å². The minimum Gasteiger partial charge on any atom is -0.376 e. The van der Waals surface area contributed by atoms with Gasteiger partial charge < -0.3 is 20.1 Å². The van der Waals surface area contributed by atoms with E-state index in [9.17, 15) is 4.79 Å². The minimum absolute atomic E-state index is 0.136. The lowest BCUT2D eigenvalue weighted by Gasteiger charge is -2.12. The maximum Gasteiger partial charge on any atom is 0.254 e. The maximum absolute atomic E-state index is 12.0. The van der Waals surface area contributed by atoms with Crippen molar-refractivity contribution in [2.24, 2.45) is 0 Å². The van der Waals surface area contributed by atoms with Gasteiger partial charge in [0.25, 0.3) is 5.91 Å². The molecule has 1 amide bonds. The van der Waals surface area contributed by atoms with Crippen LogP contribution in [-0.4, -0.2) is 54.4 Å². The molecule has 3 rings (SSSR count). The molecule has 7 nitrogen and oxygen atoms in total. The second kappa shape index (κ2) is 7.51. The topological polar surface area (TPSA) is 85.4 Å². The quantitative estimate of drug-likeness (QED) is 0.815. The van der Waals surface area contributed by atoms with Gasteiger partial charge in [0.2, 0.25) is 5.95 Å². The molecule has 0 saturated carbocycles. The summed E-state index contributed by atoms with van der Waals surface area (Å²) >= 11 is 0. The Bertz CT molecular complexity index is 482. The lowest BCUT2D eigenvalue weighted by molar-refractivity contribution is 0.0857. The van der Waals surface area contributed by atoms with E-state index >= 15 is 0 Å². The van der Waals surface area contributed by atoms with E-state index in [0.29, 0.717) is 24.6 Å². The van der Waals surface area contributed by atoms with Crippen molar-refractivity contribution in [2.45, 2.75) is 37.9 Å². The largest absolute Gasteiger partial charge is 0.376 e. The van der Waals surface area contributed by atoms with Gasteiger partial charge in [-0.3, -0.25) is 4.79 Å². The highest BCUT2D eigenvalue weighted by molar-refractivity contribution is 5.93. The van der Waals surface area contributed by atoms with Gasteiger partial charge >= 0.3 is 0 Å². The average molecular weight is 306 g/mol. The fourth-order valence-corrected chi connectivity index (χ4v) is 2.66. The molecule has 22 heavy (non-hydrogen) atoms. The zero-order chi connectivity index (χ0) is 15.2. The predicted octanol–water partition coefficient (Wildman–Crippen LogP) is 0.976. The first-order chi connectivity index (χ1) is 10.8. The third-order valence-electron chi connectivity index (χ3n) is 3.94. The van der Waals surface area contributed by atoms with Gasteiger partial charge in [0.15, 0.2) is 0 Å². The number of rotatable bonds is 6. The van der Waals surface area contributed by atoms with Crippen molar-refractivity contribution in [3.8, 4) is 0 Å². The lowest BCUT2D eigenvalue weighted by atomic mass is 10.2. The van der Waals surface area contributed by atoms with Crippen LogP contribution in [0.2, 0.25) is 0 Å². The molecule has 1 aromatic rings. The van der Waals surface area contributed by atoms with Gasteiger partial charge in [-0.1, -0.05) is 0 Å². The Balaban J connectivity index is 1.44. The van der Waals surface area contributed by atoms with Crippen LogP contribution in [0.4, 0.5) is 5.95 Å². The molecule has 2 fully saturated rings. The van der Waals surface area contributed by atoms with E-state index in [1.165, 1.54) is 12.4 Å². The Kier molecular flexibility index (Phi) is 5.18. The molecular weight excluding hydrogens is 284 g/mol. The highest BCUT2D eigenvalue weighted by Gasteiger charge is 2.17. The van der Waals surface area contributed by atoms with Crippen molar-refractivity contribution in [3.63, 3.8) is 0 Å². The molecule has 2 saturated heterocycles. The third-order valence-corrected chi connectivity index (χ3v) is 3.94. The molecule has 1 aromatic heterocycles. The van der Waals surface area contributed by atoms with Gasteiger partial charge in [-0.05, 0) is 25.7 Å². The van der Waals surface area contributed by atoms with Crippen LogP contribution in [0, 0.1) is 0 Å². The number of nitrogens with zero attached hydrogens (tertiary/aromatic N) is 2. The minimum atomic E-state index is -0.166. The molecule has 120 valence electrons. The van der Waals surface area contributed by atoms with E-state index in [4.69, 9.17) is 9.47 Å². The van der Waals surface area contributed by atoms with E-state index in [2.05, 4.69) is 20.6 Å². The third kappa shape index (κ3) is 4.14. The number of hydrogen-bond donors (Lipinski definition) is 2. The molecule has 0 radical (unpaired) electrons. The van der Waals surface area contributed by atoms with Crippen LogP contribution in [0.5, 0.6) is 0 Å². The molecule has 7 heteroatoms. The summed E-state index contributed by atoms with van der Waals surface area (Å²) in [7, 11) is 0. The molecule has 2 aliphatic rings. The number of carbonyl (C=O) groups excluding carboxylic acids is 1. The second-order valence-corrected chi connectivity index (χ2v) is 5.66. The van der Waals surface area contributed by atoms with E-state index in [-0.39, 0.29) is 18.1 Å². The summed E-state index contributed by atoms with van der Waals surface area (Å²) in [5, 5.41) is 5.98. The summed E-state index contributed by atoms with van der Waals surface area (Å²) in [4.78, 5) is 20.3. The number of nitrogens with one attached hydrogen (secondary N) is 2. The zero-order valence-electron chi connectivity index (χ0n) is 12.6. The Morgan fingerprint density at radius 2 is 1.73 bits per heavy atom. The first-order valence-electron chi connectivity index (χ1n) is 7.88. The zero-order valence-corrected chi connectivity index (χ0v) is 12.6. The highest BCUT2D eigenvalue weighted by Crippen LogP contribution is 2.12. The van der Waals surface area contributed by atoms with Gasteiger partial charge in [-0.15, -0.1) is 0 Å². The number of hydrogen-bond acceptors (Lipinski definition) is 6. The molecule has 2 N–H and O–H groups in total. The standard InChI is InChI=1S/C15H22N4O3/c20-14(16-9-12-3-1-5-21-12)11-7-17-15(18-8-11)19-10-13-4-2-6-22-13/h7-8,12-13H,1-6,9-10H2,(H,16,20)(H,17,18,19).